The lowest BCUT2D eigenvalue weighted by Gasteiger charge is -2.32. The lowest BCUT2D eigenvalue weighted by atomic mass is 10.1. The van der Waals surface area contributed by atoms with Gasteiger partial charge in [-0.2, -0.15) is 5.26 Å². The Balaban J connectivity index is 1.31. The molecule has 6 heteroatoms. The van der Waals surface area contributed by atoms with Crippen LogP contribution < -0.4 is 4.90 Å². The van der Waals surface area contributed by atoms with Crippen molar-refractivity contribution in [3.8, 4) is 17.9 Å². The van der Waals surface area contributed by atoms with Gasteiger partial charge in [-0.1, -0.05) is 18.8 Å². The second-order valence-corrected chi connectivity index (χ2v) is 7.08. The minimum absolute atomic E-state index is 0.280. The molecule has 0 bridgehead atoms. The molecule has 27 heavy (non-hydrogen) atoms. The molecule has 2 fully saturated rings. The van der Waals surface area contributed by atoms with E-state index in [9.17, 15) is 0 Å². The molecule has 1 aromatic rings. The van der Waals surface area contributed by atoms with Gasteiger partial charge in [0.25, 0.3) is 0 Å². The quantitative estimate of drug-likeness (QED) is 0.737. The normalized spacial score (nSPS) is 19.3. The van der Waals surface area contributed by atoms with Crippen LogP contribution in [-0.4, -0.2) is 79.9 Å². The van der Waals surface area contributed by atoms with Gasteiger partial charge in [0.15, 0.2) is 0 Å². The number of piperazine rings is 1. The maximum absolute atomic E-state index is 8.85. The summed E-state index contributed by atoms with van der Waals surface area (Å²) in [5, 5.41) is 8.85. The molecule has 6 nitrogen and oxygen atoms in total. The monoisotopic (exact) mass is 367 g/mol. The Morgan fingerprint density at radius 2 is 1.81 bits per heavy atom. The number of rotatable bonds is 5. The number of pyridine rings is 1. The molecule has 0 saturated carbocycles. The summed E-state index contributed by atoms with van der Waals surface area (Å²) in [5.41, 5.74) is 0.600. The molecule has 0 unspecified atom stereocenters. The first kappa shape index (κ1) is 19.6. The van der Waals surface area contributed by atoms with E-state index in [1.807, 2.05) is 12.1 Å². The van der Waals surface area contributed by atoms with Gasteiger partial charge in [0.05, 0.1) is 18.2 Å². The van der Waals surface area contributed by atoms with Gasteiger partial charge in [0, 0.05) is 45.5 Å². The van der Waals surface area contributed by atoms with Crippen molar-refractivity contribution < 1.29 is 4.74 Å². The smallest absolute Gasteiger partial charge is 0.128 e. The summed E-state index contributed by atoms with van der Waals surface area (Å²) in [4.78, 5) is 11.5. The van der Waals surface area contributed by atoms with Crippen LogP contribution in [0.25, 0.3) is 0 Å². The zero-order valence-electron chi connectivity index (χ0n) is 16.2. The highest BCUT2D eigenvalue weighted by Gasteiger charge is 2.20. The number of nitrogens with zero attached hydrogens (tertiary/aromatic N) is 5. The van der Waals surface area contributed by atoms with Crippen LogP contribution in [0.2, 0.25) is 0 Å². The van der Waals surface area contributed by atoms with E-state index in [0.717, 1.165) is 71.0 Å². The van der Waals surface area contributed by atoms with Crippen LogP contribution in [0.15, 0.2) is 18.3 Å². The molecule has 0 N–H and O–H groups in total. The zero-order valence-corrected chi connectivity index (χ0v) is 16.2. The highest BCUT2D eigenvalue weighted by Crippen LogP contribution is 2.19. The van der Waals surface area contributed by atoms with Crippen LogP contribution in [0.1, 0.15) is 25.3 Å². The molecule has 0 amide bonds. The average Bonchev–Trinajstić information content (AvgIpc) is 2.74. The molecule has 2 saturated heterocycles. The van der Waals surface area contributed by atoms with Crippen LogP contribution in [0.3, 0.4) is 0 Å². The summed E-state index contributed by atoms with van der Waals surface area (Å²) in [6.45, 7) is 11.1. The van der Waals surface area contributed by atoms with E-state index in [-0.39, 0.29) is 6.10 Å². The number of nitriles is 1. The van der Waals surface area contributed by atoms with Crippen molar-refractivity contribution in [2.24, 2.45) is 0 Å². The van der Waals surface area contributed by atoms with Crippen LogP contribution in [0.4, 0.5) is 5.82 Å². The van der Waals surface area contributed by atoms with Crippen molar-refractivity contribution >= 4 is 5.82 Å². The fourth-order valence-corrected chi connectivity index (χ4v) is 3.53. The summed E-state index contributed by atoms with van der Waals surface area (Å²) >= 11 is 0. The Bertz CT molecular complexity index is 671. The van der Waals surface area contributed by atoms with Gasteiger partial charge in [-0.05, 0) is 31.5 Å². The second kappa shape index (κ2) is 10.3. The van der Waals surface area contributed by atoms with E-state index < -0.39 is 0 Å². The van der Waals surface area contributed by atoms with Crippen LogP contribution >= 0.6 is 0 Å². The molecule has 0 radical (unpaired) electrons. The topological polar surface area (TPSA) is 55.6 Å². The highest BCUT2D eigenvalue weighted by atomic mass is 16.5. The molecule has 2 aliphatic rings. The van der Waals surface area contributed by atoms with Gasteiger partial charge in [-0.15, -0.1) is 0 Å². The predicted octanol–water partition coefficient (Wildman–Crippen LogP) is 1.58. The number of anilines is 1. The van der Waals surface area contributed by atoms with Gasteiger partial charge in [-0.3, -0.25) is 4.90 Å². The first-order chi connectivity index (χ1) is 13.3. The average molecular weight is 367 g/mol. The van der Waals surface area contributed by atoms with Crippen LogP contribution in [-0.2, 0) is 4.74 Å². The number of hydrogen-bond donors (Lipinski definition) is 0. The van der Waals surface area contributed by atoms with E-state index in [0.29, 0.717) is 12.2 Å². The molecule has 0 spiro atoms. The lowest BCUT2D eigenvalue weighted by molar-refractivity contribution is 0.0593. The fourth-order valence-electron chi connectivity index (χ4n) is 3.53. The third-order valence-corrected chi connectivity index (χ3v) is 5.37. The Labute approximate surface area is 162 Å². The first-order valence-corrected chi connectivity index (χ1v) is 9.91. The third-order valence-electron chi connectivity index (χ3n) is 5.37. The summed E-state index contributed by atoms with van der Waals surface area (Å²) in [6.07, 6.45) is 3.89. The van der Waals surface area contributed by atoms with Gasteiger partial charge in [-0.25, -0.2) is 4.98 Å². The van der Waals surface area contributed by atoms with Gasteiger partial charge in [0.2, 0.25) is 0 Å². The van der Waals surface area contributed by atoms with E-state index in [1.54, 1.807) is 6.20 Å². The second-order valence-electron chi connectivity index (χ2n) is 7.08. The fraction of sp³-hybridized carbons (Fsp3) is 0.619. The van der Waals surface area contributed by atoms with Crippen molar-refractivity contribution in [2.45, 2.75) is 25.9 Å². The third kappa shape index (κ3) is 5.94. The van der Waals surface area contributed by atoms with E-state index in [2.05, 4.69) is 44.5 Å². The number of likely N-dealkylation sites (N-methyl/N-ethyl adjacent to an activating group) is 1. The van der Waals surface area contributed by atoms with Crippen LogP contribution in [0, 0.1) is 23.2 Å². The predicted molar refractivity (Wildman–Crippen MR) is 106 cm³/mol. The largest absolute Gasteiger partial charge is 0.365 e. The van der Waals surface area contributed by atoms with Crippen molar-refractivity contribution in [2.75, 3.05) is 63.9 Å². The number of aromatic nitrogens is 1. The van der Waals surface area contributed by atoms with E-state index in [4.69, 9.17) is 10.00 Å². The highest BCUT2D eigenvalue weighted by molar-refractivity contribution is 5.42. The zero-order chi connectivity index (χ0) is 18.9. The molecular formula is C21H29N5O. The Hall–Kier alpha value is -2.12. The Morgan fingerprint density at radius 3 is 2.44 bits per heavy atom. The molecule has 1 aromatic heterocycles. The number of hydrogen-bond acceptors (Lipinski definition) is 6. The summed E-state index contributed by atoms with van der Waals surface area (Å²) in [7, 11) is 0. The van der Waals surface area contributed by atoms with Gasteiger partial charge < -0.3 is 14.5 Å². The summed E-state index contributed by atoms with van der Waals surface area (Å²) < 4.78 is 5.94. The minimum atomic E-state index is 0.280. The molecular weight excluding hydrogens is 338 g/mol. The van der Waals surface area contributed by atoms with Crippen molar-refractivity contribution in [1.82, 2.24) is 14.8 Å². The molecule has 3 heterocycles. The van der Waals surface area contributed by atoms with E-state index >= 15 is 0 Å². The lowest BCUT2D eigenvalue weighted by Crippen LogP contribution is -2.46. The molecule has 2 aliphatic heterocycles. The Kier molecular flexibility index (Phi) is 7.47. The summed E-state index contributed by atoms with van der Waals surface area (Å²) in [6, 6.07) is 5.85. The van der Waals surface area contributed by atoms with Crippen molar-refractivity contribution in [3.63, 3.8) is 0 Å². The van der Waals surface area contributed by atoms with Crippen molar-refractivity contribution in [1.29, 1.82) is 5.26 Å². The van der Waals surface area contributed by atoms with Gasteiger partial charge >= 0.3 is 0 Å². The maximum atomic E-state index is 8.85. The molecule has 0 atom stereocenters. The molecule has 3 rings (SSSR count). The molecule has 0 aromatic carbocycles. The standard InChI is InChI=1S/C21H29N5O/c1-2-24-12-14-25(15-13-24)9-3-4-16-27-20-7-10-26(11-8-20)21-6-5-19(17-22)18-23-21/h5-6,18,20H,2,7-16H2,1H3. The van der Waals surface area contributed by atoms with Crippen LogP contribution in [0.5, 0.6) is 0 Å². The Morgan fingerprint density at radius 1 is 1.07 bits per heavy atom. The first-order valence-electron chi connectivity index (χ1n) is 9.91. The molecule has 0 aliphatic carbocycles. The SMILES string of the molecule is CCN1CCN(CC#CCOC2CCN(c3ccc(C#N)cn3)CC2)CC1. The summed E-state index contributed by atoms with van der Waals surface area (Å²) in [5.74, 6) is 7.38. The van der Waals surface area contributed by atoms with Gasteiger partial charge in [0.1, 0.15) is 18.5 Å². The minimum Gasteiger partial charge on any atom is -0.365 e. The number of piperidine rings is 1. The maximum Gasteiger partial charge on any atom is 0.128 e. The number of ether oxygens (including phenoxy) is 1. The van der Waals surface area contributed by atoms with Crippen molar-refractivity contribution in [3.05, 3.63) is 23.9 Å². The molecule has 144 valence electrons. The van der Waals surface area contributed by atoms with E-state index in [1.165, 1.54) is 0 Å².